The summed E-state index contributed by atoms with van der Waals surface area (Å²) < 4.78 is 0. The molecule has 0 radical (unpaired) electrons. The van der Waals surface area contributed by atoms with Crippen molar-refractivity contribution in [2.24, 2.45) is 0 Å². The molecule has 5 heteroatoms. The van der Waals surface area contributed by atoms with E-state index in [0.717, 1.165) is 5.56 Å². The van der Waals surface area contributed by atoms with Crippen molar-refractivity contribution in [3.05, 3.63) is 66.6 Å². The molecule has 2 rings (SSSR count). The Hall–Kier alpha value is -0.110. The van der Waals surface area contributed by atoms with E-state index in [1.165, 1.54) is 0 Å². The molecule has 18 heavy (non-hydrogen) atoms. The Labute approximate surface area is 130 Å². The third kappa shape index (κ3) is 2.74. The zero-order valence-electron chi connectivity index (χ0n) is 8.98. The molecule has 0 aliphatic rings. The van der Waals surface area contributed by atoms with Crippen LogP contribution < -0.4 is 0 Å². The monoisotopic (exact) mass is 338 g/mol. The van der Waals surface area contributed by atoms with Crippen LogP contribution >= 0.6 is 58.0 Å². The highest BCUT2D eigenvalue weighted by molar-refractivity contribution is 6.55. The van der Waals surface area contributed by atoms with Crippen LogP contribution in [0.3, 0.4) is 0 Å². The van der Waals surface area contributed by atoms with E-state index in [1.807, 2.05) is 30.3 Å². The number of halogens is 5. The van der Waals surface area contributed by atoms with Gasteiger partial charge in [-0.05, 0) is 11.1 Å². The Morgan fingerprint density at radius 3 is 1.56 bits per heavy atom. The van der Waals surface area contributed by atoms with Crippen molar-refractivity contribution in [1.82, 2.24) is 0 Å². The molecule has 94 valence electrons. The molecule has 0 spiro atoms. The van der Waals surface area contributed by atoms with Gasteiger partial charge in [-0.3, -0.25) is 0 Å². The second kappa shape index (κ2) is 5.90. The lowest BCUT2D eigenvalue weighted by Crippen LogP contribution is -1.93. The predicted molar refractivity (Wildman–Crippen MR) is 80.7 cm³/mol. The molecule has 2 aromatic carbocycles. The van der Waals surface area contributed by atoms with E-state index < -0.39 is 0 Å². The largest absolute Gasteiger partial charge is 0.0823 e. The van der Waals surface area contributed by atoms with E-state index in [2.05, 4.69) is 0 Å². The second-order valence-corrected chi connectivity index (χ2v) is 5.60. The van der Waals surface area contributed by atoms with E-state index in [1.54, 1.807) is 0 Å². The van der Waals surface area contributed by atoms with Crippen LogP contribution in [0.4, 0.5) is 0 Å². The standard InChI is InChI=1S/C13H7Cl5/c14-9-8(6-7-4-2-1-3-5-7)10(15)12(17)13(18)11(9)16/h1-5H,6H2. The maximum absolute atomic E-state index is 6.17. The van der Waals surface area contributed by atoms with E-state index >= 15 is 0 Å². The Bertz CT molecular complexity index is 549. The minimum atomic E-state index is 0.185. The van der Waals surface area contributed by atoms with E-state index in [9.17, 15) is 0 Å². The molecule has 0 heterocycles. The van der Waals surface area contributed by atoms with Gasteiger partial charge in [0.2, 0.25) is 0 Å². The van der Waals surface area contributed by atoms with Crippen molar-refractivity contribution >= 4 is 58.0 Å². The number of rotatable bonds is 2. The topological polar surface area (TPSA) is 0 Å². The number of hydrogen-bond donors (Lipinski definition) is 0. The highest BCUT2D eigenvalue weighted by atomic mass is 35.5. The first-order chi connectivity index (χ1) is 8.52. The van der Waals surface area contributed by atoms with Crippen LogP contribution in [0, 0.1) is 0 Å². The molecule has 0 saturated carbocycles. The average molecular weight is 340 g/mol. The zero-order valence-corrected chi connectivity index (χ0v) is 12.8. The fraction of sp³-hybridized carbons (Fsp3) is 0.0769. The minimum Gasteiger partial charge on any atom is -0.0823 e. The molecule has 0 aromatic heterocycles. The SMILES string of the molecule is Clc1c(Cl)c(Cl)c(Cc2ccccc2)c(Cl)c1Cl. The summed E-state index contributed by atoms with van der Waals surface area (Å²) in [5.74, 6) is 0. The summed E-state index contributed by atoms with van der Waals surface area (Å²) >= 11 is 30.3. The molecule has 0 N–H and O–H groups in total. The third-order valence-corrected chi connectivity index (χ3v) is 4.88. The number of benzene rings is 2. The molecule has 0 unspecified atom stereocenters. The lowest BCUT2D eigenvalue weighted by molar-refractivity contribution is 1.19. The van der Waals surface area contributed by atoms with Crippen LogP contribution in [0.1, 0.15) is 11.1 Å². The zero-order chi connectivity index (χ0) is 13.3. The summed E-state index contributed by atoms with van der Waals surface area (Å²) in [7, 11) is 0. The van der Waals surface area contributed by atoms with Crippen molar-refractivity contribution in [1.29, 1.82) is 0 Å². The second-order valence-electron chi connectivity index (χ2n) is 3.71. The van der Waals surface area contributed by atoms with Crippen LogP contribution in [-0.2, 0) is 6.42 Å². The van der Waals surface area contributed by atoms with Crippen molar-refractivity contribution in [3.63, 3.8) is 0 Å². The van der Waals surface area contributed by atoms with E-state index in [0.29, 0.717) is 22.0 Å². The van der Waals surface area contributed by atoms with Gasteiger partial charge in [0.15, 0.2) is 0 Å². The van der Waals surface area contributed by atoms with Gasteiger partial charge in [-0.25, -0.2) is 0 Å². The van der Waals surface area contributed by atoms with Crippen molar-refractivity contribution in [2.75, 3.05) is 0 Å². The van der Waals surface area contributed by atoms with Gasteiger partial charge in [0, 0.05) is 6.42 Å². The first-order valence-electron chi connectivity index (χ1n) is 5.06. The summed E-state index contributed by atoms with van der Waals surface area (Å²) in [6.45, 7) is 0. The first kappa shape index (κ1) is 14.3. The quantitative estimate of drug-likeness (QED) is 0.430. The van der Waals surface area contributed by atoms with Gasteiger partial charge in [-0.1, -0.05) is 88.3 Å². The lowest BCUT2D eigenvalue weighted by Gasteiger charge is -2.12. The van der Waals surface area contributed by atoms with Gasteiger partial charge in [-0.2, -0.15) is 0 Å². The fourth-order valence-corrected chi connectivity index (χ4v) is 2.92. The van der Waals surface area contributed by atoms with Crippen molar-refractivity contribution in [3.8, 4) is 0 Å². The molecular weight excluding hydrogens is 333 g/mol. The molecule has 0 atom stereocenters. The van der Waals surface area contributed by atoms with E-state index in [-0.39, 0.29) is 15.1 Å². The van der Waals surface area contributed by atoms with E-state index in [4.69, 9.17) is 58.0 Å². The van der Waals surface area contributed by atoms with Gasteiger partial charge >= 0.3 is 0 Å². The van der Waals surface area contributed by atoms with Crippen LogP contribution in [0.2, 0.25) is 25.1 Å². The molecular formula is C13H7Cl5. The Morgan fingerprint density at radius 2 is 1.06 bits per heavy atom. The molecule has 0 bridgehead atoms. The highest BCUT2D eigenvalue weighted by Gasteiger charge is 2.19. The Kier molecular flexibility index (Phi) is 4.69. The van der Waals surface area contributed by atoms with Crippen molar-refractivity contribution < 1.29 is 0 Å². The third-order valence-electron chi connectivity index (χ3n) is 2.52. The molecule has 0 aliphatic carbocycles. The van der Waals surface area contributed by atoms with Gasteiger partial charge in [0.1, 0.15) is 0 Å². The Morgan fingerprint density at radius 1 is 0.611 bits per heavy atom. The number of hydrogen-bond acceptors (Lipinski definition) is 0. The van der Waals surface area contributed by atoms with Gasteiger partial charge in [0.25, 0.3) is 0 Å². The minimum absolute atomic E-state index is 0.185. The summed E-state index contributed by atoms with van der Waals surface area (Å²) in [4.78, 5) is 0. The van der Waals surface area contributed by atoms with Crippen LogP contribution in [0.25, 0.3) is 0 Å². The maximum Gasteiger partial charge on any atom is 0.0809 e. The molecule has 0 fully saturated rings. The fourth-order valence-electron chi connectivity index (χ4n) is 1.61. The van der Waals surface area contributed by atoms with Crippen LogP contribution in [0.15, 0.2) is 30.3 Å². The van der Waals surface area contributed by atoms with Crippen LogP contribution in [-0.4, -0.2) is 0 Å². The summed E-state index contributed by atoms with van der Waals surface area (Å²) in [6, 6.07) is 9.77. The predicted octanol–water partition coefficient (Wildman–Crippen LogP) is 6.54. The van der Waals surface area contributed by atoms with Gasteiger partial charge in [-0.15, -0.1) is 0 Å². The molecule has 2 aromatic rings. The van der Waals surface area contributed by atoms with Gasteiger partial charge in [0.05, 0.1) is 25.1 Å². The smallest absolute Gasteiger partial charge is 0.0809 e. The normalized spacial score (nSPS) is 10.7. The molecule has 0 nitrogen and oxygen atoms in total. The van der Waals surface area contributed by atoms with Crippen LogP contribution in [0.5, 0.6) is 0 Å². The molecule has 0 amide bonds. The van der Waals surface area contributed by atoms with Gasteiger partial charge < -0.3 is 0 Å². The summed E-state index contributed by atoms with van der Waals surface area (Å²) in [5.41, 5.74) is 1.75. The molecule has 0 saturated heterocycles. The average Bonchev–Trinajstić information content (AvgIpc) is 2.40. The first-order valence-corrected chi connectivity index (χ1v) is 6.95. The highest BCUT2D eigenvalue weighted by Crippen LogP contribution is 2.44. The maximum atomic E-state index is 6.17. The lowest BCUT2D eigenvalue weighted by atomic mass is 10.0. The van der Waals surface area contributed by atoms with Crippen molar-refractivity contribution in [2.45, 2.75) is 6.42 Å². The summed E-state index contributed by atoms with van der Waals surface area (Å²) in [5, 5.41) is 1.35. The molecule has 0 aliphatic heterocycles. The summed E-state index contributed by atoms with van der Waals surface area (Å²) in [6.07, 6.45) is 0.551. The Balaban J connectivity index is 2.52.